The molecular weight excluding hydrogens is 314 g/mol. The van der Waals surface area contributed by atoms with Crippen LogP contribution in [-0.2, 0) is 11.3 Å². The molecule has 1 N–H and O–H groups in total. The molecule has 0 spiro atoms. The van der Waals surface area contributed by atoms with Crippen LogP contribution in [0.1, 0.15) is 11.3 Å². The molecule has 2 aromatic rings. The Labute approximate surface area is 149 Å². The van der Waals surface area contributed by atoms with Crippen LogP contribution < -0.4 is 10.2 Å². The molecule has 0 aliphatic carbocycles. The third kappa shape index (κ3) is 5.41. The average molecular weight is 341 g/mol. The highest BCUT2D eigenvalue weighted by atomic mass is 16.5. The number of aromatic nitrogens is 2. The molecule has 1 aliphatic rings. The summed E-state index contributed by atoms with van der Waals surface area (Å²) in [5.74, 6) is 1.63. The largest absolute Gasteiger partial charge is 0.379 e. The molecule has 0 unspecified atom stereocenters. The molecule has 25 heavy (non-hydrogen) atoms. The van der Waals surface area contributed by atoms with Crippen LogP contribution in [0.5, 0.6) is 0 Å². The van der Waals surface area contributed by atoms with E-state index in [1.54, 1.807) is 0 Å². The number of benzene rings is 1. The Balaban J connectivity index is 1.57. The number of morpholine rings is 1. The summed E-state index contributed by atoms with van der Waals surface area (Å²) in [6.07, 6.45) is 0. The van der Waals surface area contributed by atoms with E-state index in [2.05, 4.69) is 56.4 Å². The van der Waals surface area contributed by atoms with Crippen LogP contribution in [0.25, 0.3) is 0 Å². The Kier molecular flexibility index (Phi) is 6.19. The standard InChI is InChI=1S/C19H27N5O/c1-16-14-18(23(2)15-17-6-4-3-5-7-17)22-19(21-16)20-8-9-24-10-12-25-13-11-24/h3-7,14H,8-13,15H2,1-2H3,(H,20,21,22). The van der Waals surface area contributed by atoms with Crippen molar-refractivity contribution >= 4 is 11.8 Å². The minimum Gasteiger partial charge on any atom is -0.379 e. The van der Waals surface area contributed by atoms with Gasteiger partial charge in [0.15, 0.2) is 0 Å². The van der Waals surface area contributed by atoms with Gasteiger partial charge in [-0.1, -0.05) is 30.3 Å². The highest BCUT2D eigenvalue weighted by Gasteiger charge is 2.11. The van der Waals surface area contributed by atoms with Crippen molar-refractivity contribution < 1.29 is 4.74 Å². The molecule has 134 valence electrons. The Morgan fingerprint density at radius 1 is 1.16 bits per heavy atom. The van der Waals surface area contributed by atoms with Gasteiger partial charge in [0, 0.05) is 51.5 Å². The molecule has 0 saturated carbocycles. The summed E-state index contributed by atoms with van der Waals surface area (Å²) < 4.78 is 5.38. The zero-order valence-electron chi connectivity index (χ0n) is 15.1. The van der Waals surface area contributed by atoms with Gasteiger partial charge < -0.3 is 15.0 Å². The first-order valence-corrected chi connectivity index (χ1v) is 8.85. The van der Waals surface area contributed by atoms with Gasteiger partial charge in [0.1, 0.15) is 5.82 Å². The Morgan fingerprint density at radius 3 is 2.68 bits per heavy atom. The number of hydrogen-bond donors (Lipinski definition) is 1. The predicted molar refractivity (Wildman–Crippen MR) is 101 cm³/mol. The monoisotopic (exact) mass is 341 g/mol. The van der Waals surface area contributed by atoms with Gasteiger partial charge in [-0.15, -0.1) is 0 Å². The number of nitrogens with one attached hydrogen (secondary N) is 1. The van der Waals surface area contributed by atoms with Gasteiger partial charge in [-0.05, 0) is 12.5 Å². The fraction of sp³-hybridized carbons (Fsp3) is 0.474. The topological polar surface area (TPSA) is 53.5 Å². The van der Waals surface area contributed by atoms with Crippen molar-refractivity contribution in [2.24, 2.45) is 0 Å². The molecule has 2 heterocycles. The molecule has 1 saturated heterocycles. The second-order valence-electron chi connectivity index (χ2n) is 6.41. The lowest BCUT2D eigenvalue weighted by Gasteiger charge is -2.26. The molecular formula is C19H27N5O. The van der Waals surface area contributed by atoms with Crippen molar-refractivity contribution in [2.75, 3.05) is 56.7 Å². The van der Waals surface area contributed by atoms with Crippen LogP contribution in [0.4, 0.5) is 11.8 Å². The minimum atomic E-state index is 0.697. The van der Waals surface area contributed by atoms with Gasteiger partial charge >= 0.3 is 0 Å². The lowest BCUT2D eigenvalue weighted by atomic mass is 10.2. The first-order chi connectivity index (χ1) is 12.2. The quantitative estimate of drug-likeness (QED) is 0.833. The van der Waals surface area contributed by atoms with Crippen molar-refractivity contribution in [2.45, 2.75) is 13.5 Å². The SMILES string of the molecule is Cc1cc(N(C)Cc2ccccc2)nc(NCCN2CCOCC2)n1. The smallest absolute Gasteiger partial charge is 0.224 e. The average Bonchev–Trinajstić information content (AvgIpc) is 2.63. The lowest BCUT2D eigenvalue weighted by Crippen LogP contribution is -2.39. The first kappa shape index (κ1) is 17.6. The van der Waals surface area contributed by atoms with Crippen LogP contribution in [0.3, 0.4) is 0 Å². The molecule has 0 radical (unpaired) electrons. The maximum Gasteiger partial charge on any atom is 0.224 e. The van der Waals surface area contributed by atoms with Crippen molar-refractivity contribution in [1.29, 1.82) is 0 Å². The van der Waals surface area contributed by atoms with E-state index in [0.29, 0.717) is 5.95 Å². The summed E-state index contributed by atoms with van der Waals surface area (Å²) >= 11 is 0. The van der Waals surface area contributed by atoms with E-state index in [4.69, 9.17) is 4.74 Å². The molecule has 1 fully saturated rings. The van der Waals surface area contributed by atoms with Gasteiger partial charge in [-0.2, -0.15) is 4.98 Å². The van der Waals surface area contributed by atoms with E-state index in [9.17, 15) is 0 Å². The molecule has 1 aliphatic heterocycles. The fourth-order valence-corrected chi connectivity index (χ4v) is 2.92. The number of aryl methyl sites for hydroxylation is 1. The summed E-state index contributed by atoms with van der Waals surface area (Å²) in [5, 5.41) is 3.36. The molecule has 1 aromatic carbocycles. The van der Waals surface area contributed by atoms with Gasteiger partial charge in [0.2, 0.25) is 5.95 Å². The summed E-state index contributed by atoms with van der Waals surface area (Å²) in [4.78, 5) is 13.7. The molecule has 6 heteroatoms. The summed E-state index contributed by atoms with van der Waals surface area (Å²) in [5.41, 5.74) is 2.24. The summed E-state index contributed by atoms with van der Waals surface area (Å²) in [6.45, 7) is 8.31. The Hall–Kier alpha value is -2.18. The fourth-order valence-electron chi connectivity index (χ4n) is 2.92. The molecule has 0 atom stereocenters. The van der Waals surface area contributed by atoms with Crippen molar-refractivity contribution in [3.63, 3.8) is 0 Å². The van der Waals surface area contributed by atoms with Crippen LogP contribution in [0.2, 0.25) is 0 Å². The number of rotatable bonds is 7. The number of ether oxygens (including phenoxy) is 1. The molecule has 6 nitrogen and oxygen atoms in total. The van der Waals surface area contributed by atoms with Crippen molar-refractivity contribution in [1.82, 2.24) is 14.9 Å². The van der Waals surface area contributed by atoms with E-state index < -0.39 is 0 Å². The molecule has 0 bridgehead atoms. The van der Waals surface area contributed by atoms with Crippen LogP contribution in [0, 0.1) is 6.92 Å². The number of nitrogens with zero attached hydrogens (tertiary/aromatic N) is 4. The van der Waals surface area contributed by atoms with Crippen LogP contribution in [0.15, 0.2) is 36.4 Å². The van der Waals surface area contributed by atoms with E-state index >= 15 is 0 Å². The minimum absolute atomic E-state index is 0.697. The third-order valence-corrected chi connectivity index (χ3v) is 4.31. The lowest BCUT2D eigenvalue weighted by molar-refractivity contribution is 0.0398. The Bertz CT molecular complexity index is 658. The summed E-state index contributed by atoms with van der Waals surface area (Å²) in [6, 6.07) is 12.4. The second kappa shape index (κ2) is 8.78. The third-order valence-electron chi connectivity index (χ3n) is 4.31. The van der Waals surface area contributed by atoms with Crippen molar-refractivity contribution in [3.8, 4) is 0 Å². The highest BCUT2D eigenvalue weighted by molar-refractivity contribution is 5.44. The molecule has 3 rings (SSSR count). The number of anilines is 2. The summed E-state index contributed by atoms with van der Waals surface area (Å²) in [7, 11) is 2.06. The normalized spacial score (nSPS) is 15.1. The maximum absolute atomic E-state index is 5.38. The number of hydrogen-bond acceptors (Lipinski definition) is 6. The zero-order chi connectivity index (χ0) is 17.5. The predicted octanol–water partition coefficient (Wildman–Crippen LogP) is 2.17. The van der Waals surface area contributed by atoms with E-state index in [1.165, 1.54) is 5.56 Å². The maximum atomic E-state index is 5.38. The first-order valence-electron chi connectivity index (χ1n) is 8.85. The van der Waals surface area contributed by atoms with E-state index in [1.807, 2.05) is 19.1 Å². The van der Waals surface area contributed by atoms with E-state index in [-0.39, 0.29) is 0 Å². The van der Waals surface area contributed by atoms with Gasteiger partial charge in [0.25, 0.3) is 0 Å². The molecule has 0 amide bonds. The Morgan fingerprint density at radius 2 is 1.92 bits per heavy atom. The molecule has 1 aromatic heterocycles. The zero-order valence-corrected chi connectivity index (χ0v) is 15.1. The van der Waals surface area contributed by atoms with Gasteiger partial charge in [-0.25, -0.2) is 4.98 Å². The van der Waals surface area contributed by atoms with Crippen molar-refractivity contribution in [3.05, 3.63) is 47.7 Å². The van der Waals surface area contributed by atoms with Gasteiger partial charge in [0.05, 0.1) is 13.2 Å². The van der Waals surface area contributed by atoms with Gasteiger partial charge in [-0.3, -0.25) is 4.90 Å². The highest BCUT2D eigenvalue weighted by Crippen LogP contribution is 2.16. The van der Waals surface area contributed by atoms with Crippen LogP contribution >= 0.6 is 0 Å². The second-order valence-corrected chi connectivity index (χ2v) is 6.41. The van der Waals surface area contributed by atoms with Crippen LogP contribution in [-0.4, -0.2) is 61.3 Å². The van der Waals surface area contributed by atoms with E-state index in [0.717, 1.165) is 57.4 Å².